The molecule has 0 atom stereocenters. The average Bonchev–Trinajstić information content (AvgIpc) is 3.13. The Kier molecular flexibility index (Phi) is 5.18. The quantitative estimate of drug-likeness (QED) is 0.712. The lowest BCUT2D eigenvalue weighted by Gasteiger charge is -2.16. The Labute approximate surface area is 145 Å². The van der Waals surface area contributed by atoms with Gasteiger partial charge in [0.05, 0.1) is 13.7 Å². The fraction of sp³-hybridized carbons (Fsp3) is 0.176. The molecule has 3 rings (SSSR count). The molecule has 1 N–H and O–H groups in total. The molecule has 6 nitrogen and oxygen atoms in total. The maximum Gasteiger partial charge on any atom is 0.166 e. The molecule has 1 heterocycles. The van der Waals surface area contributed by atoms with Crippen LogP contribution in [0, 0.1) is 0 Å². The fourth-order valence-electron chi connectivity index (χ4n) is 2.25. The first-order chi connectivity index (χ1) is 11.8. The van der Waals surface area contributed by atoms with E-state index in [2.05, 4.69) is 15.6 Å². The summed E-state index contributed by atoms with van der Waals surface area (Å²) in [6.07, 6.45) is 3.18. The topological polar surface area (TPSA) is 61.2 Å². The largest absolute Gasteiger partial charge is 0.493 e. The van der Waals surface area contributed by atoms with Crippen LogP contribution in [0.3, 0.4) is 0 Å². The molecule has 0 aliphatic heterocycles. The summed E-state index contributed by atoms with van der Waals surface area (Å²) in [6.45, 7) is 0.896. The van der Waals surface area contributed by atoms with Gasteiger partial charge in [-0.2, -0.15) is 0 Å². The van der Waals surface area contributed by atoms with Crippen molar-refractivity contribution in [1.82, 2.24) is 14.9 Å². The van der Waals surface area contributed by atoms with Gasteiger partial charge in [-0.05, 0) is 12.1 Å². The number of nitrogens with one attached hydrogen (secondary N) is 1. The molecule has 24 heavy (non-hydrogen) atoms. The third kappa shape index (κ3) is 3.78. The molecule has 2 aromatic carbocycles. The summed E-state index contributed by atoms with van der Waals surface area (Å²) >= 11 is 6.19. The van der Waals surface area contributed by atoms with Crippen molar-refractivity contribution in [3.05, 3.63) is 71.3 Å². The van der Waals surface area contributed by atoms with Gasteiger partial charge in [-0.15, -0.1) is 10.2 Å². The van der Waals surface area contributed by atoms with Crippen LogP contribution >= 0.6 is 11.6 Å². The van der Waals surface area contributed by atoms with Crippen molar-refractivity contribution < 1.29 is 9.47 Å². The zero-order valence-corrected chi connectivity index (χ0v) is 13.9. The Morgan fingerprint density at radius 3 is 2.54 bits per heavy atom. The third-order valence-electron chi connectivity index (χ3n) is 3.48. The highest BCUT2D eigenvalue weighted by molar-refractivity contribution is 6.31. The molecule has 0 amide bonds. The monoisotopic (exact) mass is 344 g/mol. The number of aromatic nitrogens is 3. The van der Waals surface area contributed by atoms with Gasteiger partial charge < -0.3 is 14.9 Å². The highest BCUT2D eigenvalue weighted by atomic mass is 35.5. The number of halogens is 1. The highest BCUT2D eigenvalue weighted by Crippen LogP contribution is 2.32. The lowest BCUT2D eigenvalue weighted by Crippen LogP contribution is -2.13. The predicted octanol–water partition coefficient (Wildman–Crippen LogP) is 3.26. The van der Waals surface area contributed by atoms with Crippen LogP contribution in [0.5, 0.6) is 11.5 Å². The van der Waals surface area contributed by atoms with Gasteiger partial charge in [-0.3, -0.25) is 0 Å². The normalized spacial score (nSPS) is 10.4. The molecule has 0 saturated carbocycles. The van der Waals surface area contributed by atoms with E-state index in [1.165, 1.54) is 0 Å². The number of nitrogens with zero attached hydrogens (tertiary/aromatic N) is 3. The van der Waals surface area contributed by atoms with Crippen molar-refractivity contribution in [3.63, 3.8) is 0 Å². The Morgan fingerprint density at radius 2 is 1.79 bits per heavy atom. The number of rotatable bonds is 7. The summed E-state index contributed by atoms with van der Waals surface area (Å²) in [6, 6.07) is 13.4. The molecule has 0 aliphatic rings. The Hall–Kier alpha value is -2.73. The zero-order chi connectivity index (χ0) is 16.8. The van der Waals surface area contributed by atoms with Crippen LogP contribution in [0.2, 0.25) is 5.02 Å². The first kappa shape index (κ1) is 16.1. The summed E-state index contributed by atoms with van der Waals surface area (Å²) in [5.74, 6) is 1.35. The number of benzene rings is 2. The van der Waals surface area contributed by atoms with Crippen molar-refractivity contribution in [2.24, 2.45) is 0 Å². The minimum absolute atomic E-state index is 0.361. The van der Waals surface area contributed by atoms with Crippen LogP contribution in [0.1, 0.15) is 11.1 Å². The molecule has 0 spiro atoms. The van der Waals surface area contributed by atoms with Crippen molar-refractivity contribution in [1.29, 1.82) is 0 Å². The Bertz CT molecular complexity index is 793. The van der Waals surface area contributed by atoms with E-state index in [9.17, 15) is 0 Å². The molecule has 124 valence electrons. The minimum atomic E-state index is 0.361. The van der Waals surface area contributed by atoms with Gasteiger partial charge in [0.15, 0.2) is 11.5 Å². The number of methoxy groups -OCH3 is 1. The van der Waals surface area contributed by atoms with Crippen LogP contribution in [-0.2, 0) is 13.2 Å². The fourth-order valence-corrected chi connectivity index (χ4v) is 2.44. The van der Waals surface area contributed by atoms with E-state index in [1.54, 1.807) is 24.4 Å². The molecule has 0 fully saturated rings. The summed E-state index contributed by atoms with van der Waals surface area (Å²) in [5, 5.41) is 8.19. The van der Waals surface area contributed by atoms with Gasteiger partial charge >= 0.3 is 0 Å². The molecular weight excluding hydrogens is 328 g/mol. The Morgan fingerprint density at radius 1 is 1.04 bits per heavy atom. The second-order valence-corrected chi connectivity index (χ2v) is 5.44. The van der Waals surface area contributed by atoms with Gasteiger partial charge in [0.25, 0.3) is 0 Å². The van der Waals surface area contributed by atoms with E-state index in [-0.39, 0.29) is 0 Å². The molecule has 0 aliphatic carbocycles. The maximum absolute atomic E-state index is 6.19. The van der Waals surface area contributed by atoms with E-state index in [0.717, 1.165) is 11.1 Å². The highest BCUT2D eigenvalue weighted by Gasteiger charge is 2.12. The molecule has 0 unspecified atom stereocenters. The number of hydrogen-bond donors (Lipinski definition) is 1. The zero-order valence-electron chi connectivity index (χ0n) is 13.1. The van der Waals surface area contributed by atoms with Crippen LogP contribution in [0.15, 0.2) is 55.1 Å². The second kappa shape index (κ2) is 7.70. The van der Waals surface area contributed by atoms with E-state index in [0.29, 0.717) is 29.7 Å². The average molecular weight is 345 g/mol. The minimum Gasteiger partial charge on any atom is -0.493 e. The lowest BCUT2D eigenvalue weighted by molar-refractivity contribution is 0.281. The van der Waals surface area contributed by atoms with Crippen LogP contribution in [0.4, 0.5) is 0 Å². The van der Waals surface area contributed by atoms with Gasteiger partial charge in [0.2, 0.25) is 0 Å². The molecule has 0 saturated heterocycles. The molecule has 0 radical (unpaired) electrons. The molecular formula is C17H17ClN4O2. The van der Waals surface area contributed by atoms with Crippen molar-refractivity contribution in [2.75, 3.05) is 12.5 Å². The number of ether oxygens (including phenoxy) is 2. The van der Waals surface area contributed by atoms with Crippen molar-refractivity contribution in [3.8, 4) is 11.5 Å². The second-order valence-electron chi connectivity index (χ2n) is 5.03. The lowest BCUT2D eigenvalue weighted by atomic mass is 10.2. The van der Waals surface area contributed by atoms with Gasteiger partial charge in [-0.25, -0.2) is 4.68 Å². The third-order valence-corrected chi connectivity index (χ3v) is 3.85. The van der Waals surface area contributed by atoms with Crippen LogP contribution < -0.4 is 14.9 Å². The molecule has 1 aromatic heterocycles. The summed E-state index contributed by atoms with van der Waals surface area (Å²) in [5.41, 5.74) is 5.05. The SMILES string of the molecule is COc1cccc(CNn2cnnc2)c1OCc1ccccc1Cl. The number of hydrogen-bond acceptors (Lipinski definition) is 5. The van der Waals surface area contributed by atoms with Gasteiger partial charge in [0, 0.05) is 16.1 Å². The summed E-state index contributed by atoms with van der Waals surface area (Å²) in [7, 11) is 1.62. The van der Waals surface area contributed by atoms with E-state index in [4.69, 9.17) is 21.1 Å². The van der Waals surface area contributed by atoms with E-state index in [1.807, 2.05) is 42.5 Å². The first-order valence-corrected chi connectivity index (χ1v) is 7.76. The molecule has 7 heteroatoms. The van der Waals surface area contributed by atoms with Crippen LogP contribution in [-0.4, -0.2) is 22.0 Å². The van der Waals surface area contributed by atoms with E-state index < -0.39 is 0 Å². The summed E-state index contributed by atoms with van der Waals surface area (Å²) < 4.78 is 13.1. The molecule has 0 bridgehead atoms. The van der Waals surface area contributed by atoms with Gasteiger partial charge in [-0.1, -0.05) is 41.9 Å². The smallest absolute Gasteiger partial charge is 0.166 e. The summed E-state index contributed by atoms with van der Waals surface area (Å²) in [4.78, 5) is 0. The van der Waals surface area contributed by atoms with E-state index >= 15 is 0 Å². The van der Waals surface area contributed by atoms with Crippen molar-refractivity contribution >= 4 is 11.6 Å². The standard InChI is InChI=1S/C17H17ClN4O2/c1-23-16-8-4-6-13(9-21-22-11-19-20-12-22)17(16)24-10-14-5-2-3-7-15(14)18/h2-8,11-12,21H,9-10H2,1H3. The predicted molar refractivity (Wildman–Crippen MR) is 91.9 cm³/mol. The molecule has 3 aromatic rings. The Balaban J connectivity index is 1.78. The number of para-hydroxylation sites is 1. The van der Waals surface area contributed by atoms with Crippen LogP contribution in [0.25, 0.3) is 0 Å². The maximum atomic E-state index is 6.19. The first-order valence-electron chi connectivity index (χ1n) is 7.38. The van der Waals surface area contributed by atoms with Crippen molar-refractivity contribution in [2.45, 2.75) is 13.2 Å². The van der Waals surface area contributed by atoms with Gasteiger partial charge in [0.1, 0.15) is 19.3 Å².